The molecule has 1 heterocycles. The number of nitrogens with zero attached hydrogens (tertiary/aromatic N) is 2. The number of carbonyl (C=O) groups is 1. The van der Waals surface area contributed by atoms with E-state index in [4.69, 9.17) is 0 Å². The Morgan fingerprint density at radius 2 is 1.77 bits per heavy atom. The zero-order chi connectivity index (χ0) is 18.7. The van der Waals surface area contributed by atoms with E-state index in [-0.39, 0.29) is 11.7 Å². The van der Waals surface area contributed by atoms with E-state index >= 15 is 0 Å². The summed E-state index contributed by atoms with van der Waals surface area (Å²) < 4.78 is 16.1. The summed E-state index contributed by atoms with van der Waals surface area (Å²) in [7, 11) is 0. The summed E-state index contributed by atoms with van der Waals surface area (Å²) >= 11 is 3.33. The first-order chi connectivity index (χ1) is 12.5. The summed E-state index contributed by atoms with van der Waals surface area (Å²) in [5.74, 6) is -0.547. The number of nitrogens with one attached hydrogen (secondary N) is 1. The number of hydrogen-bond acceptors (Lipinski definition) is 2. The second-order valence-electron chi connectivity index (χ2n) is 5.84. The van der Waals surface area contributed by atoms with Crippen LogP contribution in [0.3, 0.4) is 0 Å². The van der Waals surface area contributed by atoms with Crippen molar-refractivity contribution < 1.29 is 9.18 Å². The highest BCUT2D eigenvalue weighted by atomic mass is 79.9. The molecule has 132 valence electrons. The Balaban J connectivity index is 1.77. The number of carbonyl (C=O) groups excluding carboxylic acids is 1. The van der Waals surface area contributed by atoms with Crippen LogP contribution in [0.15, 0.2) is 64.2 Å². The van der Waals surface area contributed by atoms with Crippen LogP contribution < -0.4 is 5.43 Å². The van der Waals surface area contributed by atoms with Crippen molar-refractivity contribution in [2.24, 2.45) is 5.10 Å². The topological polar surface area (TPSA) is 46.4 Å². The van der Waals surface area contributed by atoms with Gasteiger partial charge < -0.3 is 4.57 Å². The number of aryl methyl sites for hydroxylation is 1. The van der Waals surface area contributed by atoms with Gasteiger partial charge in [-0.2, -0.15) is 5.10 Å². The Morgan fingerprint density at radius 3 is 2.42 bits per heavy atom. The van der Waals surface area contributed by atoms with Crippen LogP contribution in [0.5, 0.6) is 0 Å². The van der Waals surface area contributed by atoms with Crippen LogP contribution >= 0.6 is 15.9 Å². The van der Waals surface area contributed by atoms with Crippen molar-refractivity contribution in [2.75, 3.05) is 0 Å². The molecule has 0 fully saturated rings. The largest absolute Gasteiger partial charge is 0.318 e. The highest BCUT2D eigenvalue weighted by Gasteiger charge is 2.10. The third-order valence-corrected chi connectivity index (χ3v) is 4.56. The first-order valence-corrected chi connectivity index (χ1v) is 8.79. The molecule has 1 N–H and O–H groups in total. The maximum absolute atomic E-state index is 13.1. The predicted molar refractivity (Wildman–Crippen MR) is 104 cm³/mol. The van der Waals surface area contributed by atoms with Gasteiger partial charge in [0, 0.05) is 32.7 Å². The van der Waals surface area contributed by atoms with E-state index in [1.54, 1.807) is 42.6 Å². The molecule has 0 aliphatic carbocycles. The molecule has 1 aromatic heterocycles. The number of benzene rings is 2. The summed E-state index contributed by atoms with van der Waals surface area (Å²) in [4.78, 5) is 12.1. The van der Waals surface area contributed by atoms with Gasteiger partial charge >= 0.3 is 0 Å². The number of aromatic nitrogens is 1. The molecule has 6 heteroatoms. The maximum atomic E-state index is 13.1. The SMILES string of the molecule is Cc1cc(/C=N\NC(=O)c2ccc(Br)cc2)c(C)n1-c1ccc(F)cc1. The van der Waals surface area contributed by atoms with Crippen LogP contribution in [0.25, 0.3) is 5.69 Å². The minimum atomic E-state index is -0.277. The van der Waals surface area contributed by atoms with Gasteiger partial charge in [-0.25, -0.2) is 9.82 Å². The molecule has 2 aromatic carbocycles. The zero-order valence-corrected chi connectivity index (χ0v) is 15.9. The molecule has 0 atom stereocenters. The molecule has 0 aliphatic rings. The fraction of sp³-hybridized carbons (Fsp3) is 0.100. The van der Waals surface area contributed by atoms with E-state index < -0.39 is 0 Å². The van der Waals surface area contributed by atoms with E-state index in [2.05, 4.69) is 26.5 Å². The first kappa shape index (κ1) is 18.1. The lowest BCUT2D eigenvalue weighted by atomic mass is 10.2. The maximum Gasteiger partial charge on any atom is 0.271 e. The Hall–Kier alpha value is -2.73. The first-order valence-electron chi connectivity index (χ1n) is 7.99. The fourth-order valence-corrected chi connectivity index (χ4v) is 3.00. The minimum Gasteiger partial charge on any atom is -0.318 e. The average Bonchev–Trinajstić information content (AvgIpc) is 2.90. The number of hydrogen-bond donors (Lipinski definition) is 1. The van der Waals surface area contributed by atoms with Crippen LogP contribution in [0.4, 0.5) is 4.39 Å². The average molecular weight is 414 g/mol. The lowest BCUT2D eigenvalue weighted by Crippen LogP contribution is -2.17. The summed E-state index contributed by atoms with van der Waals surface area (Å²) in [6, 6.07) is 15.3. The Morgan fingerprint density at radius 1 is 1.12 bits per heavy atom. The predicted octanol–water partition coefficient (Wildman–Crippen LogP) is 4.76. The zero-order valence-electron chi connectivity index (χ0n) is 14.3. The number of hydrazone groups is 1. The Kier molecular flexibility index (Phi) is 5.32. The molecule has 1 amide bonds. The molecule has 0 bridgehead atoms. The normalized spacial score (nSPS) is 11.1. The summed E-state index contributed by atoms with van der Waals surface area (Å²) in [5, 5.41) is 4.05. The van der Waals surface area contributed by atoms with Crippen molar-refractivity contribution in [1.29, 1.82) is 0 Å². The molecule has 4 nitrogen and oxygen atoms in total. The third kappa shape index (κ3) is 3.91. The van der Waals surface area contributed by atoms with Crippen LogP contribution in [0, 0.1) is 19.7 Å². The van der Waals surface area contributed by atoms with Gasteiger partial charge in [-0.15, -0.1) is 0 Å². The highest BCUT2D eigenvalue weighted by molar-refractivity contribution is 9.10. The van der Waals surface area contributed by atoms with Crippen molar-refractivity contribution in [3.05, 3.63) is 87.4 Å². The van der Waals surface area contributed by atoms with Crippen LogP contribution in [-0.4, -0.2) is 16.7 Å². The number of halogens is 2. The van der Waals surface area contributed by atoms with E-state index in [0.29, 0.717) is 5.56 Å². The summed E-state index contributed by atoms with van der Waals surface area (Å²) in [5.41, 5.74) is 6.76. The highest BCUT2D eigenvalue weighted by Crippen LogP contribution is 2.20. The molecular weight excluding hydrogens is 397 g/mol. The standard InChI is InChI=1S/C20H17BrFN3O/c1-13-11-16(14(2)25(13)19-9-7-18(22)8-10-19)12-23-24-20(26)15-3-5-17(21)6-4-15/h3-12H,1-2H3,(H,24,26)/b23-12-. The van der Waals surface area contributed by atoms with Crippen LogP contribution in [0.1, 0.15) is 27.3 Å². The molecule has 0 aliphatic heterocycles. The van der Waals surface area contributed by atoms with Crippen LogP contribution in [0.2, 0.25) is 0 Å². The van der Waals surface area contributed by atoms with Gasteiger partial charge in [-0.05, 0) is 68.4 Å². The molecule has 0 radical (unpaired) electrons. The minimum absolute atomic E-state index is 0.270. The van der Waals surface area contributed by atoms with Crippen molar-refractivity contribution >= 4 is 28.1 Å². The molecule has 0 saturated carbocycles. The summed E-state index contributed by atoms with van der Waals surface area (Å²) in [6.45, 7) is 3.92. The third-order valence-electron chi connectivity index (χ3n) is 4.03. The van der Waals surface area contributed by atoms with Crippen LogP contribution in [-0.2, 0) is 0 Å². The smallest absolute Gasteiger partial charge is 0.271 e. The van der Waals surface area contributed by atoms with Gasteiger partial charge in [0.15, 0.2) is 0 Å². The number of rotatable bonds is 4. The molecule has 3 rings (SSSR count). The lowest BCUT2D eigenvalue weighted by molar-refractivity contribution is 0.0955. The molecule has 26 heavy (non-hydrogen) atoms. The monoisotopic (exact) mass is 413 g/mol. The molecule has 0 saturated heterocycles. The van der Waals surface area contributed by atoms with Gasteiger partial charge in [0.1, 0.15) is 5.82 Å². The second-order valence-corrected chi connectivity index (χ2v) is 6.76. The Labute approximate surface area is 159 Å². The quantitative estimate of drug-likeness (QED) is 0.486. The second kappa shape index (κ2) is 7.66. The Bertz CT molecular complexity index is 960. The molecular formula is C20H17BrFN3O. The van der Waals surface area contributed by atoms with E-state index in [1.165, 1.54) is 12.1 Å². The van der Waals surface area contributed by atoms with E-state index in [9.17, 15) is 9.18 Å². The lowest BCUT2D eigenvalue weighted by Gasteiger charge is -2.09. The van der Waals surface area contributed by atoms with Crippen molar-refractivity contribution in [3.63, 3.8) is 0 Å². The van der Waals surface area contributed by atoms with Gasteiger partial charge in [0.05, 0.1) is 6.21 Å². The molecule has 0 unspecified atom stereocenters. The van der Waals surface area contributed by atoms with Gasteiger partial charge in [-0.1, -0.05) is 15.9 Å². The van der Waals surface area contributed by atoms with E-state index in [0.717, 1.165) is 27.1 Å². The van der Waals surface area contributed by atoms with Crippen molar-refractivity contribution in [2.45, 2.75) is 13.8 Å². The van der Waals surface area contributed by atoms with Crippen molar-refractivity contribution in [1.82, 2.24) is 9.99 Å². The van der Waals surface area contributed by atoms with Gasteiger partial charge in [-0.3, -0.25) is 4.79 Å². The molecule has 3 aromatic rings. The van der Waals surface area contributed by atoms with Gasteiger partial charge in [0.25, 0.3) is 5.91 Å². The van der Waals surface area contributed by atoms with Gasteiger partial charge in [0.2, 0.25) is 0 Å². The fourth-order valence-electron chi connectivity index (χ4n) is 2.73. The van der Waals surface area contributed by atoms with E-state index in [1.807, 2.05) is 24.5 Å². The summed E-state index contributed by atoms with van der Waals surface area (Å²) in [6.07, 6.45) is 1.61. The number of amides is 1. The van der Waals surface area contributed by atoms with Crippen molar-refractivity contribution in [3.8, 4) is 5.69 Å². The molecule has 0 spiro atoms.